The van der Waals surface area contributed by atoms with Crippen molar-refractivity contribution >= 4 is 51.8 Å². The lowest BCUT2D eigenvalue weighted by molar-refractivity contribution is -0.136. The van der Waals surface area contributed by atoms with Crippen molar-refractivity contribution in [3.05, 3.63) is 48.2 Å². The zero-order valence-corrected chi connectivity index (χ0v) is 15.4. The molecule has 1 aromatic carbocycles. The van der Waals surface area contributed by atoms with Gasteiger partial charge in [0.1, 0.15) is 11.3 Å². The highest BCUT2D eigenvalue weighted by molar-refractivity contribution is 7.80. The first kappa shape index (κ1) is 18.5. The molecule has 8 nitrogen and oxygen atoms in total. The Morgan fingerprint density at radius 1 is 1.11 bits per heavy atom. The number of aliphatic carboxylic acids is 1. The molecule has 4 N–H and O–H groups in total. The molecule has 9 heteroatoms. The second-order valence-electron chi connectivity index (χ2n) is 5.67. The van der Waals surface area contributed by atoms with Crippen molar-refractivity contribution < 1.29 is 9.90 Å². The first-order valence-corrected chi connectivity index (χ1v) is 8.70. The van der Waals surface area contributed by atoms with E-state index in [9.17, 15) is 4.79 Å². The van der Waals surface area contributed by atoms with Crippen LogP contribution in [0.1, 0.15) is 12.5 Å². The van der Waals surface area contributed by atoms with E-state index < -0.39 is 5.97 Å². The maximum atomic E-state index is 10.7. The Balaban J connectivity index is 1.76. The molecule has 0 spiro atoms. The third-order valence-electron chi connectivity index (χ3n) is 3.57. The minimum atomic E-state index is -0.861. The number of hydrogen-bond donors (Lipinski definition) is 4. The number of anilines is 3. The van der Waals surface area contributed by atoms with E-state index >= 15 is 0 Å². The predicted octanol–water partition coefficient (Wildman–Crippen LogP) is 2.70. The Morgan fingerprint density at radius 2 is 1.85 bits per heavy atom. The number of nitrogens with one attached hydrogen (secondary N) is 3. The maximum Gasteiger partial charge on any atom is 0.307 e. The number of benzene rings is 1. The second-order valence-corrected chi connectivity index (χ2v) is 6.08. The molecule has 0 fully saturated rings. The van der Waals surface area contributed by atoms with Crippen molar-refractivity contribution in [1.29, 1.82) is 0 Å². The van der Waals surface area contributed by atoms with Crippen LogP contribution in [0.2, 0.25) is 0 Å². The van der Waals surface area contributed by atoms with Gasteiger partial charge in [-0.15, -0.1) is 0 Å². The van der Waals surface area contributed by atoms with E-state index in [0.29, 0.717) is 27.9 Å². The predicted molar refractivity (Wildman–Crippen MR) is 108 cm³/mol. The molecular formula is C18H18N6O2S. The molecule has 3 rings (SSSR count). The van der Waals surface area contributed by atoms with Crippen molar-refractivity contribution in [3.8, 4) is 0 Å². The molecule has 2 aromatic heterocycles. The number of fused-ring (bicyclic) bond motifs is 1. The van der Waals surface area contributed by atoms with Gasteiger partial charge < -0.3 is 21.1 Å². The monoisotopic (exact) mass is 382 g/mol. The Kier molecular flexibility index (Phi) is 5.72. The number of carboxylic acids is 1. The first-order valence-electron chi connectivity index (χ1n) is 8.30. The van der Waals surface area contributed by atoms with Gasteiger partial charge in [0.25, 0.3) is 0 Å². The van der Waals surface area contributed by atoms with Crippen LogP contribution in [0.25, 0.3) is 11.2 Å². The highest BCUT2D eigenvalue weighted by atomic mass is 32.1. The summed E-state index contributed by atoms with van der Waals surface area (Å²) in [7, 11) is 0. The normalized spacial score (nSPS) is 10.4. The summed E-state index contributed by atoms with van der Waals surface area (Å²) in [5.74, 6) is 0.255. The first-order chi connectivity index (χ1) is 13.0. The molecule has 0 saturated carbocycles. The standard InChI is InChI=1S/C18H18N6O2S/c1-2-19-18(27)24-14-8-7-13-17(22-14)23-15(10-20-13)21-12-5-3-11(4-6-12)9-16(25)26/h3-8,10H,2,9H2,1H3,(H,25,26)(H3,19,21,22,23,24,27). The summed E-state index contributed by atoms with van der Waals surface area (Å²) in [6, 6.07) is 10.7. The number of carboxylic acid groups (broad SMARTS) is 1. The Bertz CT molecular complexity index is 977. The largest absolute Gasteiger partial charge is 0.481 e. The number of hydrogen-bond acceptors (Lipinski definition) is 6. The summed E-state index contributed by atoms with van der Waals surface area (Å²) in [6.45, 7) is 2.68. The number of pyridine rings is 1. The van der Waals surface area contributed by atoms with Crippen LogP contribution in [0.5, 0.6) is 0 Å². The van der Waals surface area contributed by atoms with Gasteiger partial charge in [0.2, 0.25) is 0 Å². The van der Waals surface area contributed by atoms with Crippen LogP contribution in [-0.2, 0) is 11.2 Å². The molecule has 138 valence electrons. The van der Waals surface area contributed by atoms with Gasteiger partial charge in [-0.05, 0) is 49.0 Å². The van der Waals surface area contributed by atoms with E-state index in [2.05, 4.69) is 30.9 Å². The van der Waals surface area contributed by atoms with Gasteiger partial charge >= 0.3 is 5.97 Å². The highest BCUT2D eigenvalue weighted by Gasteiger charge is 2.05. The topological polar surface area (TPSA) is 112 Å². The van der Waals surface area contributed by atoms with Gasteiger partial charge in [-0.2, -0.15) is 0 Å². The van der Waals surface area contributed by atoms with Crippen LogP contribution in [0, 0.1) is 0 Å². The molecule has 0 saturated heterocycles. The fourth-order valence-electron chi connectivity index (χ4n) is 2.38. The lowest BCUT2D eigenvalue weighted by Crippen LogP contribution is -2.28. The molecule has 0 radical (unpaired) electrons. The number of carbonyl (C=O) groups is 1. The maximum absolute atomic E-state index is 10.7. The van der Waals surface area contributed by atoms with Gasteiger partial charge in [0.15, 0.2) is 16.6 Å². The van der Waals surface area contributed by atoms with Gasteiger partial charge in [-0.1, -0.05) is 12.1 Å². The molecule has 0 unspecified atom stereocenters. The average molecular weight is 382 g/mol. The van der Waals surface area contributed by atoms with Crippen LogP contribution in [0.3, 0.4) is 0 Å². The molecular weight excluding hydrogens is 364 g/mol. The molecule has 0 bridgehead atoms. The molecule has 3 aromatic rings. The molecule has 27 heavy (non-hydrogen) atoms. The van der Waals surface area contributed by atoms with Crippen LogP contribution < -0.4 is 16.0 Å². The van der Waals surface area contributed by atoms with E-state index in [1.807, 2.05) is 13.0 Å². The van der Waals surface area contributed by atoms with Crippen LogP contribution >= 0.6 is 12.2 Å². The fraction of sp³-hybridized carbons (Fsp3) is 0.167. The van der Waals surface area contributed by atoms with Crippen molar-refractivity contribution in [2.24, 2.45) is 0 Å². The zero-order valence-electron chi connectivity index (χ0n) is 14.6. The van der Waals surface area contributed by atoms with Crippen molar-refractivity contribution in [2.75, 3.05) is 17.2 Å². The molecule has 0 amide bonds. The summed E-state index contributed by atoms with van der Waals surface area (Å²) in [6.07, 6.45) is 1.61. The van der Waals surface area contributed by atoms with E-state index in [0.717, 1.165) is 17.8 Å². The van der Waals surface area contributed by atoms with Gasteiger partial charge in [-0.25, -0.2) is 15.0 Å². The SMILES string of the molecule is CCNC(=S)Nc1ccc2ncc(Nc3ccc(CC(=O)O)cc3)nc2n1. The second kappa shape index (κ2) is 8.37. The smallest absolute Gasteiger partial charge is 0.307 e. The van der Waals surface area contributed by atoms with E-state index in [1.165, 1.54) is 0 Å². The summed E-state index contributed by atoms with van der Waals surface area (Å²) in [5, 5.41) is 18.4. The molecule has 0 aliphatic heterocycles. The molecule has 0 aliphatic rings. The quantitative estimate of drug-likeness (QED) is 0.478. The third kappa shape index (κ3) is 5.08. The van der Waals surface area contributed by atoms with Crippen LogP contribution in [0.15, 0.2) is 42.6 Å². The van der Waals surface area contributed by atoms with Crippen LogP contribution in [0.4, 0.5) is 17.3 Å². The van der Waals surface area contributed by atoms with E-state index in [1.54, 1.807) is 36.5 Å². The summed E-state index contributed by atoms with van der Waals surface area (Å²) < 4.78 is 0. The Morgan fingerprint density at radius 3 is 2.56 bits per heavy atom. The summed E-state index contributed by atoms with van der Waals surface area (Å²) in [4.78, 5) is 24.0. The van der Waals surface area contributed by atoms with Crippen molar-refractivity contribution in [1.82, 2.24) is 20.3 Å². The highest BCUT2D eigenvalue weighted by Crippen LogP contribution is 2.18. The lowest BCUT2D eigenvalue weighted by atomic mass is 10.1. The van der Waals surface area contributed by atoms with E-state index in [4.69, 9.17) is 17.3 Å². The number of nitrogens with zero attached hydrogens (tertiary/aromatic N) is 3. The number of rotatable bonds is 6. The van der Waals surface area contributed by atoms with Gasteiger partial charge in [-0.3, -0.25) is 4.79 Å². The molecule has 0 atom stereocenters. The summed E-state index contributed by atoms with van der Waals surface area (Å²) >= 11 is 5.16. The Labute approximate surface area is 161 Å². The minimum absolute atomic E-state index is 0.00942. The number of thiocarbonyl (C=S) groups is 1. The zero-order chi connectivity index (χ0) is 19.2. The lowest BCUT2D eigenvalue weighted by Gasteiger charge is -2.09. The van der Waals surface area contributed by atoms with Crippen molar-refractivity contribution in [3.63, 3.8) is 0 Å². The third-order valence-corrected chi connectivity index (χ3v) is 3.81. The summed E-state index contributed by atoms with van der Waals surface area (Å²) in [5.41, 5.74) is 2.65. The number of aromatic nitrogens is 3. The molecule has 2 heterocycles. The molecule has 0 aliphatic carbocycles. The average Bonchev–Trinajstić information content (AvgIpc) is 2.63. The van der Waals surface area contributed by atoms with Crippen LogP contribution in [-0.4, -0.2) is 37.7 Å². The van der Waals surface area contributed by atoms with Gasteiger partial charge in [0.05, 0.1) is 12.6 Å². The minimum Gasteiger partial charge on any atom is -0.481 e. The Hall–Kier alpha value is -3.33. The van der Waals surface area contributed by atoms with E-state index in [-0.39, 0.29) is 6.42 Å². The fourth-order valence-corrected chi connectivity index (χ4v) is 2.63. The van der Waals surface area contributed by atoms with Gasteiger partial charge in [0, 0.05) is 12.2 Å². The van der Waals surface area contributed by atoms with Crippen molar-refractivity contribution in [2.45, 2.75) is 13.3 Å².